The number of halogens is 1. The van der Waals surface area contributed by atoms with Gasteiger partial charge in [-0.3, -0.25) is 14.7 Å². The van der Waals surface area contributed by atoms with Crippen molar-refractivity contribution in [3.63, 3.8) is 0 Å². The molecule has 0 radical (unpaired) electrons. The van der Waals surface area contributed by atoms with Gasteiger partial charge in [0.2, 0.25) is 5.91 Å². The van der Waals surface area contributed by atoms with Gasteiger partial charge < -0.3 is 15.5 Å². The number of benzene rings is 1. The van der Waals surface area contributed by atoms with Gasteiger partial charge in [0.25, 0.3) is 0 Å². The lowest BCUT2D eigenvalue weighted by Gasteiger charge is -2.34. The molecule has 31 heavy (non-hydrogen) atoms. The molecule has 1 saturated heterocycles. The van der Waals surface area contributed by atoms with Crippen LogP contribution in [0.25, 0.3) is 0 Å². The van der Waals surface area contributed by atoms with Gasteiger partial charge in [-0.2, -0.15) is 0 Å². The van der Waals surface area contributed by atoms with Crippen LogP contribution in [-0.4, -0.2) is 67.0 Å². The molecule has 1 aromatic rings. The van der Waals surface area contributed by atoms with E-state index in [9.17, 15) is 4.79 Å². The van der Waals surface area contributed by atoms with E-state index in [1.807, 2.05) is 18.7 Å². The molecule has 1 aliphatic heterocycles. The number of hydrogen-bond acceptors (Lipinski definition) is 3. The molecule has 1 aromatic carbocycles. The highest BCUT2D eigenvalue weighted by Crippen LogP contribution is 2.13. The van der Waals surface area contributed by atoms with E-state index in [1.165, 1.54) is 5.56 Å². The molecule has 1 atom stereocenters. The fraction of sp³-hybridized carbons (Fsp3) is 0.667. The number of guanidine groups is 1. The maximum absolute atomic E-state index is 12.2. The average molecular weight is 544 g/mol. The minimum absolute atomic E-state index is 0. The van der Waals surface area contributed by atoms with E-state index in [-0.39, 0.29) is 35.8 Å². The number of carbonyl (C=O) groups is 1. The van der Waals surface area contributed by atoms with Crippen molar-refractivity contribution in [3.8, 4) is 0 Å². The van der Waals surface area contributed by atoms with Crippen molar-refractivity contribution in [2.75, 3.05) is 33.2 Å². The fourth-order valence-corrected chi connectivity index (χ4v) is 3.73. The van der Waals surface area contributed by atoms with Crippen molar-refractivity contribution in [1.29, 1.82) is 0 Å². The predicted octanol–water partition coefficient (Wildman–Crippen LogP) is 3.72. The number of piperidine rings is 1. The Morgan fingerprint density at radius 1 is 1.19 bits per heavy atom. The SMILES string of the molecule is CCNC(=NCCC(C)N(C)Cc1ccccc1)NC1CCN(C(=O)C(C)C)CC1.I. The van der Waals surface area contributed by atoms with Crippen LogP contribution in [0.5, 0.6) is 0 Å². The molecular formula is C24H42IN5O. The summed E-state index contributed by atoms with van der Waals surface area (Å²) in [7, 11) is 2.18. The molecule has 0 aliphatic carbocycles. The first-order valence-electron chi connectivity index (χ1n) is 11.5. The Bertz CT molecular complexity index is 659. The van der Waals surface area contributed by atoms with Gasteiger partial charge in [-0.05, 0) is 45.7 Å². The van der Waals surface area contributed by atoms with Crippen molar-refractivity contribution in [3.05, 3.63) is 35.9 Å². The molecule has 0 saturated carbocycles. The number of nitrogens with one attached hydrogen (secondary N) is 2. The van der Waals surface area contributed by atoms with Crippen LogP contribution in [0.3, 0.4) is 0 Å². The van der Waals surface area contributed by atoms with Crippen LogP contribution in [0.15, 0.2) is 35.3 Å². The molecule has 1 amide bonds. The largest absolute Gasteiger partial charge is 0.357 e. The molecule has 1 heterocycles. The first kappa shape index (κ1) is 27.7. The Balaban J connectivity index is 0.00000480. The van der Waals surface area contributed by atoms with Crippen molar-refractivity contribution in [2.24, 2.45) is 10.9 Å². The molecule has 0 spiro atoms. The van der Waals surface area contributed by atoms with Gasteiger partial charge in [0.05, 0.1) is 0 Å². The first-order valence-corrected chi connectivity index (χ1v) is 11.5. The summed E-state index contributed by atoms with van der Waals surface area (Å²) in [6.07, 6.45) is 2.96. The monoisotopic (exact) mass is 543 g/mol. The molecule has 0 aromatic heterocycles. The van der Waals surface area contributed by atoms with Crippen LogP contribution in [0.2, 0.25) is 0 Å². The summed E-state index contributed by atoms with van der Waals surface area (Å²) in [6, 6.07) is 11.4. The Labute approximate surface area is 206 Å². The summed E-state index contributed by atoms with van der Waals surface area (Å²) in [5.41, 5.74) is 1.34. The molecule has 7 heteroatoms. The summed E-state index contributed by atoms with van der Waals surface area (Å²) in [6.45, 7) is 12.6. The van der Waals surface area contributed by atoms with E-state index in [0.29, 0.717) is 12.1 Å². The highest BCUT2D eigenvalue weighted by molar-refractivity contribution is 14.0. The van der Waals surface area contributed by atoms with Gasteiger partial charge >= 0.3 is 0 Å². The van der Waals surface area contributed by atoms with Gasteiger partial charge in [-0.15, -0.1) is 24.0 Å². The summed E-state index contributed by atoms with van der Waals surface area (Å²) >= 11 is 0. The average Bonchev–Trinajstić information content (AvgIpc) is 2.74. The standard InChI is InChI=1S/C24H41N5O.HI/c1-6-25-24(27-22-13-16-29(17-14-22)23(30)19(2)3)26-15-12-20(4)28(5)18-21-10-8-7-9-11-21;/h7-11,19-20,22H,6,12-18H2,1-5H3,(H2,25,26,27);1H. The lowest BCUT2D eigenvalue weighted by Crippen LogP contribution is -2.50. The second kappa shape index (κ2) is 14.7. The molecule has 1 unspecified atom stereocenters. The lowest BCUT2D eigenvalue weighted by molar-refractivity contribution is -0.135. The van der Waals surface area contributed by atoms with Crippen molar-refractivity contribution >= 4 is 35.8 Å². The predicted molar refractivity (Wildman–Crippen MR) is 141 cm³/mol. The van der Waals surface area contributed by atoms with Crippen LogP contribution in [0.4, 0.5) is 0 Å². The van der Waals surface area contributed by atoms with Gasteiger partial charge in [-0.25, -0.2) is 0 Å². The van der Waals surface area contributed by atoms with Crippen molar-refractivity contribution < 1.29 is 4.79 Å². The minimum atomic E-state index is 0. The van der Waals surface area contributed by atoms with Crippen LogP contribution in [0, 0.1) is 5.92 Å². The Morgan fingerprint density at radius 3 is 2.42 bits per heavy atom. The third-order valence-electron chi connectivity index (χ3n) is 5.83. The van der Waals surface area contributed by atoms with E-state index < -0.39 is 0 Å². The number of hydrogen-bond donors (Lipinski definition) is 2. The number of rotatable bonds is 9. The zero-order chi connectivity index (χ0) is 21.9. The second-order valence-electron chi connectivity index (χ2n) is 8.70. The Morgan fingerprint density at radius 2 is 1.84 bits per heavy atom. The van der Waals surface area contributed by atoms with E-state index >= 15 is 0 Å². The summed E-state index contributed by atoms with van der Waals surface area (Å²) in [5, 5.41) is 6.95. The van der Waals surface area contributed by atoms with E-state index in [0.717, 1.165) is 57.9 Å². The summed E-state index contributed by atoms with van der Waals surface area (Å²) < 4.78 is 0. The highest BCUT2D eigenvalue weighted by Gasteiger charge is 2.24. The molecule has 0 bridgehead atoms. The second-order valence-corrected chi connectivity index (χ2v) is 8.70. The van der Waals surface area contributed by atoms with Crippen molar-refractivity contribution in [1.82, 2.24) is 20.4 Å². The maximum Gasteiger partial charge on any atom is 0.225 e. The number of amides is 1. The molecule has 6 nitrogen and oxygen atoms in total. The minimum Gasteiger partial charge on any atom is -0.357 e. The molecule has 2 N–H and O–H groups in total. The quantitative estimate of drug-likeness (QED) is 0.283. The van der Waals surface area contributed by atoms with Crippen molar-refractivity contribution in [2.45, 2.75) is 65.6 Å². The first-order chi connectivity index (χ1) is 14.4. The molecular weight excluding hydrogens is 501 g/mol. The zero-order valence-corrected chi connectivity index (χ0v) is 22.3. The number of aliphatic imine (C=N–C) groups is 1. The number of carbonyl (C=O) groups excluding carboxylic acids is 1. The maximum atomic E-state index is 12.2. The number of likely N-dealkylation sites (tertiary alicyclic amines) is 1. The zero-order valence-electron chi connectivity index (χ0n) is 19.9. The summed E-state index contributed by atoms with van der Waals surface area (Å²) in [4.78, 5) is 21.4. The summed E-state index contributed by atoms with van der Waals surface area (Å²) in [5.74, 6) is 1.24. The topological polar surface area (TPSA) is 60.0 Å². The molecule has 1 fully saturated rings. The van der Waals surface area contributed by atoms with Crippen LogP contribution < -0.4 is 10.6 Å². The third-order valence-corrected chi connectivity index (χ3v) is 5.83. The smallest absolute Gasteiger partial charge is 0.225 e. The third kappa shape index (κ3) is 9.76. The fourth-order valence-electron chi connectivity index (χ4n) is 3.73. The molecule has 1 aliphatic rings. The molecule has 2 rings (SSSR count). The van der Waals surface area contributed by atoms with E-state index in [4.69, 9.17) is 4.99 Å². The lowest BCUT2D eigenvalue weighted by atomic mass is 10.0. The Kier molecular flexibility index (Phi) is 13.1. The normalized spacial score (nSPS) is 16.2. The van der Waals surface area contributed by atoms with Gasteiger partial charge in [0, 0.05) is 50.7 Å². The Hall–Kier alpha value is -1.35. The highest BCUT2D eigenvalue weighted by atomic mass is 127. The van der Waals surface area contributed by atoms with Crippen LogP contribution in [-0.2, 0) is 11.3 Å². The van der Waals surface area contributed by atoms with E-state index in [1.54, 1.807) is 0 Å². The van der Waals surface area contributed by atoms with Gasteiger partial charge in [0.15, 0.2) is 5.96 Å². The molecule has 176 valence electrons. The van der Waals surface area contributed by atoms with Gasteiger partial charge in [-0.1, -0.05) is 44.2 Å². The van der Waals surface area contributed by atoms with Gasteiger partial charge in [0.1, 0.15) is 0 Å². The number of nitrogens with zero attached hydrogens (tertiary/aromatic N) is 3. The van der Waals surface area contributed by atoms with Crippen LogP contribution in [0.1, 0.15) is 52.5 Å². The van der Waals surface area contributed by atoms with E-state index in [2.05, 4.69) is 66.8 Å². The van der Waals surface area contributed by atoms with Crippen LogP contribution >= 0.6 is 24.0 Å².